The molecule has 5 nitrogen and oxygen atoms in total. The van der Waals surface area contributed by atoms with Crippen LogP contribution in [0.15, 0.2) is 54.6 Å². The minimum atomic E-state index is -0.353. The zero-order chi connectivity index (χ0) is 16.2. The molecule has 0 saturated carbocycles. The van der Waals surface area contributed by atoms with Crippen molar-refractivity contribution in [3.05, 3.63) is 54.6 Å². The van der Waals surface area contributed by atoms with Crippen LogP contribution in [0, 0.1) is 5.92 Å². The Morgan fingerprint density at radius 2 is 1.96 bits per heavy atom. The molecule has 118 valence electrons. The molecule has 2 aromatic rings. The Balaban J connectivity index is 1.70. The first-order valence-corrected chi connectivity index (χ1v) is 7.47. The van der Waals surface area contributed by atoms with E-state index in [0.29, 0.717) is 12.3 Å². The standard InChI is InChI=1S/C18H18N2O3/c1-23-16-9-5-8-15(11-16)20-12-13(10-17(20)21)18(22)19-14-6-3-2-4-7-14/h2-9,11,13H,10,12H2,1H3,(H,19,22)/t13-/m0/s1. The molecule has 1 saturated heterocycles. The highest BCUT2D eigenvalue weighted by atomic mass is 16.5. The number of methoxy groups -OCH3 is 1. The predicted molar refractivity (Wildman–Crippen MR) is 88.5 cm³/mol. The van der Waals surface area contributed by atoms with Crippen molar-refractivity contribution >= 4 is 23.2 Å². The fourth-order valence-electron chi connectivity index (χ4n) is 2.68. The zero-order valence-electron chi connectivity index (χ0n) is 12.9. The Morgan fingerprint density at radius 3 is 2.70 bits per heavy atom. The molecule has 0 aromatic heterocycles. The Hall–Kier alpha value is -2.82. The van der Waals surface area contributed by atoms with Crippen LogP contribution in [0.4, 0.5) is 11.4 Å². The van der Waals surface area contributed by atoms with Gasteiger partial charge in [-0.1, -0.05) is 24.3 Å². The fourth-order valence-corrected chi connectivity index (χ4v) is 2.68. The molecule has 3 rings (SSSR count). The number of benzene rings is 2. The van der Waals surface area contributed by atoms with Gasteiger partial charge in [0.25, 0.3) is 0 Å². The molecular weight excluding hydrogens is 292 g/mol. The van der Waals surface area contributed by atoms with Gasteiger partial charge >= 0.3 is 0 Å². The van der Waals surface area contributed by atoms with Crippen molar-refractivity contribution in [2.24, 2.45) is 5.92 Å². The van der Waals surface area contributed by atoms with Crippen LogP contribution in [0.5, 0.6) is 5.75 Å². The molecule has 1 N–H and O–H groups in total. The number of hydrogen-bond acceptors (Lipinski definition) is 3. The van der Waals surface area contributed by atoms with E-state index < -0.39 is 0 Å². The van der Waals surface area contributed by atoms with E-state index in [1.165, 1.54) is 0 Å². The van der Waals surface area contributed by atoms with E-state index in [-0.39, 0.29) is 24.2 Å². The van der Waals surface area contributed by atoms with Crippen LogP contribution in [0.3, 0.4) is 0 Å². The number of nitrogens with zero attached hydrogens (tertiary/aromatic N) is 1. The van der Waals surface area contributed by atoms with E-state index in [9.17, 15) is 9.59 Å². The average molecular weight is 310 g/mol. The van der Waals surface area contributed by atoms with Gasteiger partial charge in [-0.2, -0.15) is 0 Å². The van der Waals surface area contributed by atoms with Crippen LogP contribution in [0.1, 0.15) is 6.42 Å². The van der Waals surface area contributed by atoms with Crippen molar-refractivity contribution in [1.82, 2.24) is 0 Å². The summed E-state index contributed by atoms with van der Waals surface area (Å²) in [5.41, 5.74) is 1.49. The third kappa shape index (κ3) is 3.34. The van der Waals surface area contributed by atoms with Gasteiger partial charge in [0.1, 0.15) is 5.75 Å². The molecular formula is C18H18N2O3. The maximum atomic E-state index is 12.3. The van der Waals surface area contributed by atoms with E-state index in [0.717, 1.165) is 11.4 Å². The summed E-state index contributed by atoms with van der Waals surface area (Å²) >= 11 is 0. The van der Waals surface area contributed by atoms with Crippen LogP contribution in [-0.4, -0.2) is 25.5 Å². The number of anilines is 2. The Labute approximate surface area is 134 Å². The van der Waals surface area contributed by atoms with Crippen molar-refractivity contribution in [1.29, 1.82) is 0 Å². The minimum absolute atomic E-state index is 0.0496. The maximum Gasteiger partial charge on any atom is 0.229 e. The SMILES string of the molecule is COc1cccc(N2C[C@@H](C(=O)Nc3ccccc3)CC2=O)c1. The molecule has 0 bridgehead atoms. The third-order valence-corrected chi connectivity index (χ3v) is 3.90. The number of hydrogen-bond donors (Lipinski definition) is 1. The molecule has 23 heavy (non-hydrogen) atoms. The maximum absolute atomic E-state index is 12.3. The van der Waals surface area contributed by atoms with Crippen LogP contribution >= 0.6 is 0 Å². The highest BCUT2D eigenvalue weighted by Gasteiger charge is 2.35. The smallest absolute Gasteiger partial charge is 0.229 e. The van der Waals surface area contributed by atoms with Gasteiger partial charge in [-0.25, -0.2) is 0 Å². The summed E-state index contributed by atoms with van der Waals surface area (Å²) in [6.07, 6.45) is 0.218. The minimum Gasteiger partial charge on any atom is -0.497 e. The number of rotatable bonds is 4. The molecule has 1 fully saturated rings. The average Bonchev–Trinajstić information content (AvgIpc) is 2.98. The molecule has 5 heteroatoms. The normalized spacial score (nSPS) is 17.2. The molecule has 1 atom stereocenters. The van der Waals surface area contributed by atoms with Gasteiger partial charge in [-0.15, -0.1) is 0 Å². The summed E-state index contributed by atoms with van der Waals surface area (Å²) < 4.78 is 5.19. The molecule has 0 radical (unpaired) electrons. The number of ether oxygens (including phenoxy) is 1. The number of nitrogens with one attached hydrogen (secondary N) is 1. The molecule has 1 aliphatic rings. The van der Waals surface area contributed by atoms with Crippen LogP contribution < -0.4 is 15.0 Å². The highest BCUT2D eigenvalue weighted by Crippen LogP contribution is 2.28. The second kappa shape index (κ2) is 6.52. The van der Waals surface area contributed by atoms with Gasteiger partial charge in [0.05, 0.1) is 13.0 Å². The van der Waals surface area contributed by atoms with Gasteiger partial charge in [0.2, 0.25) is 11.8 Å². The van der Waals surface area contributed by atoms with Gasteiger partial charge in [0, 0.05) is 30.4 Å². The second-order valence-electron chi connectivity index (χ2n) is 5.46. The van der Waals surface area contributed by atoms with E-state index >= 15 is 0 Å². The van der Waals surface area contributed by atoms with Gasteiger partial charge in [-0.3, -0.25) is 9.59 Å². The number of para-hydroxylation sites is 1. The van der Waals surface area contributed by atoms with Gasteiger partial charge < -0.3 is 15.0 Å². The summed E-state index contributed by atoms with van der Waals surface area (Å²) in [6.45, 7) is 0.380. The van der Waals surface area contributed by atoms with Crippen LogP contribution in [-0.2, 0) is 9.59 Å². The van der Waals surface area contributed by atoms with Crippen LogP contribution in [0.2, 0.25) is 0 Å². The van der Waals surface area contributed by atoms with Crippen molar-refractivity contribution in [2.75, 3.05) is 23.9 Å². The van der Waals surface area contributed by atoms with Gasteiger partial charge in [-0.05, 0) is 24.3 Å². The molecule has 1 aliphatic heterocycles. The number of carbonyl (C=O) groups excluding carboxylic acids is 2. The summed E-state index contributed by atoms with van der Waals surface area (Å²) in [6, 6.07) is 16.6. The second-order valence-corrected chi connectivity index (χ2v) is 5.46. The van der Waals surface area contributed by atoms with E-state index in [1.54, 1.807) is 18.1 Å². The molecule has 1 heterocycles. The van der Waals surface area contributed by atoms with E-state index in [1.807, 2.05) is 48.5 Å². The van der Waals surface area contributed by atoms with E-state index in [2.05, 4.69) is 5.32 Å². The molecule has 2 amide bonds. The van der Waals surface area contributed by atoms with Gasteiger partial charge in [0.15, 0.2) is 0 Å². The lowest BCUT2D eigenvalue weighted by Crippen LogP contribution is -2.28. The first-order chi connectivity index (χ1) is 11.2. The topological polar surface area (TPSA) is 58.6 Å². The van der Waals surface area contributed by atoms with Crippen molar-refractivity contribution in [3.63, 3.8) is 0 Å². The molecule has 2 aromatic carbocycles. The lowest BCUT2D eigenvalue weighted by atomic mass is 10.1. The Morgan fingerprint density at radius 1 is 1.17 bits per heavy atom. The lowest BCUT2D eigenvalue weighted by molar-refractivity contribution is -0.122. The summed E-state index contributed by atoms with van der Waals surface area (Å²) in [4.78, 5) is 26.2. The third-order valence-electron chi connectivity index (χ3n) is 3.90. The molecule has 0 unspecified atom stereocenters. The molecule has 0 spiro atoms. The largest absolute Gasteiger partial charge is 0.497 e. The lowest BCUT2D eigenvalue weighted by Gasteiger charge is -2.17. The summed E-state index contributed by atoms with van der Waals surface area (Å²) in [5.74, 6) is 0.155. The number of carbonyl (C=O) groups is 2. The fraction of sp³-hybridized carbons (Fsp3) is 0.222. The highest BCUT2D eigenvalue weighted by molar-refractivity contribution is 6.03. The summed E-state index contributed by atoms with van der Waals surface area (Å²) in [5, 5.41) is 2.86. The van der Waals surface area contributed by atoms with E-state index in [4.69, 9.17) is 4.74 Å². The quantitative estimate of drug-likeness (QED) is 0.944. The number of amides is 2. The zero-order valence-corrected chi connectivity index (χ0v) is 12.9. The summed E-state index contributed by atoms with van der Waals surface area (Å²) in [7, 11) is 1.58. The Bertz CT molecular complexity index is 715. The van der Waals surface area contributed by atoms with Crippen molar-refractivity contribution in [3.8, 4) is 5.75 Å². The Kier molecular flexibility index (Phi) is 4.28. The van der Waals surface area contributed by atoms with Crippen LogP contribution in [0.25, 0.3) is 0 Å². The predicted octanol–water partition coefficient (Wildman–Crippen LogP) is 2.69. The molecule has 0 aliphatic carbocycles. The van der Waals surface area contributed by atoms with Crippen molar-refractivity contribution < 1.29 is 14.3 Å². The van der Waals surface area contributed by atoms with Crippen molar-refractivity contribution in [2.45, 2.75) is 6.42 Å². The monoisotopic (exact) mass is 310 g/mol. The first kappa shape index (κ1) is 15.1. The first-order valence-electron chi connectivity index (χ1n) is 7.47.